The molecule has 2 aromatic carbocycles. The number of nitrogens with one attached hydrogen (secondary N) is 1. The third kappa shape index (κ3) is 2.47. The summed E-state index contributed by atoms with van der Waals surface area (Å²) in [5.74, 6) is 1.20. The second-order valence-corrected chi connectivity index (χ2v) is 5.04. The van der Waals surface area contributed by atoms with Crippen LogP contribution in [0.25, 0.3) is 0 Å². The van der Waals surface area contributed by atoms with Crippen molar-refractivity contribution in [2.75, 3.05) is 20.8 Å². The van der Waals surface area contributed by atoms with Gasteiger partial charge in [0.2, 0.25) is 0 Å². The maximum atomic E-state index is 14.3. The van der Waals surface area contributed by atoms with Gasteiger partial charge in [0.25, 0.3) is 0 Å². The van der Waals surface area contributed by atoms with Gasteiger partial charge >= 0.3 is 0 Å². The molecule has 0 saturated heterocycles. The summed E-state index contributed by atoms with van der Waals surface area (Å²) in [6.45, 7) is 0.714. The van der Waals surface area contributed by atoms with Crippen molar-refractivity contribution in [3.63, 3.8) is 0 Å². The zero-order valence-electron chi connectivity index (χ0n) is 12.2. The number of benzene rings is 2. The summed E-state index contributed by atoms with van der Waals surface area (Å²) in [5.41, 5.74) is 2.70. The zero-order valence-corrected chi connectivity index (χ0v) is 12.2. The average molecular weight is 287 g/mol. The van der Waals surface area contributed by atoms with Crippen LogP contribution >= 0.6 is 0 Å². The summed E-state index contributed by atoms with van der Waals surface area (Å²) < 4.78 is 25.1. The molecule has 4 heteroatoms. The standard InChI is InChI=1S/C17H18FNO2/c1-19-17(16-13(18)4-3-5-15(16)20-2)12-6-7-14-11(10-12)8-9-21-14/h3-7,10,17,19H,8-9H2,1-2H3. The minimum absolute atomic E-state index is 0.257. The van der Waals surface area contributed by atoms with Gasteiger partial charge < -0.3 is 14.8 Å². The Balaban J connectivity index is 2.07. The topological polar surface area (TPSA) is 30.5 Å². The molecule has 3 rings (SSSR count). The summed E-state index contributed by atoms with van der Waals surface area (Å²) in [6.07, 6.45) is 0.897. The van der Waals surface area contributed by atoms with E-state index >= 15 is 0 Å². The number of halogens is 1. The van der Waals surface area contributed by atoms with E-state index in [9.17, 15) is 4.39 Å². The maximum Gasteiger partial charge on any atom is 0.132 e. The van der Waals surface area contributed by atoms with Gasteiger partial charge in [-0.3, -0.25) is 0 Å². The lowest BCUT2D eigenvalue weighted by molar-refractivity contribution is 0.356. The van der Waals surface area contributed by atoms with Crippen LogP contribution in [0.5, 0.6) is 11.5 Å². The lowest BCUT2D eigenvalue weighted by Crippen LogP contribution is -2.20. The van der Waals surface area contributed by atoms with Gasteiger partial charge in [-0.15, -0.1) is 0 Å². The Bertz CT molecular complexity index is 657. The largest absolute Gasteiger partial charge is 0.496 e. The van der Waals surface area contributed by atoms with Crippen LogP contribution in [0, 0.1) is 5.82 Å². The van der Waals surface area contributed by atoms with E-state index in [0.29, 0.717) is 17.9 Å². The number of hydrogen-bond acceptors (Lipinski definition) is 3. The molecule has 110 valence electrons. The minimum atomic E-state index is -0.273. The van der Waals surface area contributed by atoms with Gasteiger partial charge in [-0.25, -0.2) is 4.39 Å². The van der Waals surface area contributed by atoms with Crippen molar-refractivity contribution in [1.82, 2.24) is 5.32 Å². The molecule has 1 heterocycles. The minimum Gasteiger partial charge on any atom is -0.496 e. The van der Waals surface area contributed by atoms with Crippen molar-refractivity contribution in [3.05, 3.63) is 58.9 Å². The molecule has 0 saturated carbocycles. The van der Waals surface area contributed by atoms with E-state index < -0.39 is 0 Å². The SMILES string of the molecule is CNC(c1ccc2c(c1)CCO2)c1c(F)cccc1OC. The molecule has 21 heavy (non-hydrogen) atoms. The van der Waals surface area contributed by atoms with Crippen molar-refractivity contribution in [1.29, 1.82) is 0 Å². The quantitative estimate of drug-likeness (QED) is 0.937. The van der Waals surface area contributed by atoms with Crippen LogP contribution in [0.4, 0.5) is 4.39 Å². The molecule has 1 N–H and O–H groups in total. The molecule has 0 spiro atoms. The molecular formula is C17H18FNO2. The summed E-state index contributed by atoms with van der Waals surface area (Å²) >= 11 is 0. The molecule has 0 amide bonds. The fraction of sp³-hybridized carbons (Fsp3) is 0.294. The first-order valence-electron chi connectivity index (χ1n) is 7.00. The van der Waals surface area contributed by atoms with E-state index in [0.717, 1.165) is 17.7 Å². The van der Waals surface area contributed by atoms with Crippen LogP contribution in [0.1, 0.15) is 22.7 Å². The van der Waals surface area contributed by atoms with Gasteiger partial charge in [-0.05, 0) is 36.4 Å². The second kappa shape index (κ2) is 5.74. The number of hydrogen-bond donors (Lipinski definition) is 1. The molecule has 0 fully saturated rings. The van der Waals surface area contributed by atoms with Crippen molar-refractivity contribution in [3.8, 4) is 11.5 Å². The third-order valence-corrected chi connectivity index (χ3v) is 3.86. The Hall–Kier alpha value is -2.07. The molecular weight excluding hydrogens is 269 g/mol. The molecule has 2 aromatic rings. The highest BCUT2D eigenvalue weighted by atomic mass is 19.1. The van der Waals surface area contributed by atoms with Crippen LogP contribution in [-0.2, 0) is 6.42 Å². The second-order valence-electron chi connectivity index (χ2n) is 5.04. The highest BCUT2D eigenvalue weighted by Gasteiger charge is 2.22. The fourth-order valence-corrected chi connectivity index (χ4v) is 2.84. The molecule has 0 aliphatic carbocycles. The molecule has 3 nitrogen and oxygen atoms in total. The zero-order chi connectivity index (χ0) is 14.8. The van der Waals surface area contributed by atoms with Gasteiger partial charge in [0.15, 0.2) is 0 Å². The first-order chi connectivity index (χ1) is 10.2. The van der Waals surface area contributed by atoms with E-state index in [1.165, 1.54) is 11.6 Å². The third-order valence-electron chi connectivity index (χ3n) is 3.86. The first kappa shape index (κ1) is 13.9. The van der Waals surface area contributed by atoms with Crippen LogP contribution < -0.4 is 14.8 Å². The molecule has 1 unspecified atom stereocenters. The Morgan fingerprint density at radius 1 is 1.29 bits per heavy atom. The normalized spacial score (nSPS) is 14.4. The van der Waals surface area contributed by atoms with E-state index in [-0.39, 0.29) is 11.9 Å². The van der Waals surface area contributed by atoms with Gasteiger partial charge in [-0.2, -0.15) is 0 Å². The van der Waals surface area contributed by atoms with Crippen LogP contribution in [0.3, 0.4) is 0 Å². The highest BCUT2D eigenvalue weighted by Crippen LogP contribution is 2.35. The number of methoxy groups -OCH3 is 1. The molecule has 0 radical (unpaired) electrons. The van der Waals surface area contributed by atoms with Crippen molar-refractivity contribution in [2.45, 2.75) is 12.5 Å². The van der Waals surface area contributed by atoms with E-state index in [1.807, 2.05) is 19.2 Å². The summed E-state index contributed by atoms with van der Waals surface area (Å²) in [5, 5.41) is 3.18. The smallest absolute Gasteiger partial charge is 0.132 e. The number of rotatable bonds is 4. The van der Waals surface area contributed by atoms with E-state index in [4.69, 9.17) is 9.47 Å². The molecule has 1 atom stereocenters. The fourth-order valence-electron chi connectivity index (χ4n) is 2.84. The van der Waals surface area contributed by atoms with Gasteiger partial charge in [0, 0.05) is 6.42 Å². The van der Waals surface area contributed by atoms with Gasteiger partial charge in [0.05, 0.1) is 25.3 Å². The lowest BCUT2D eigenvalue weighted by atomic mass is 9.95. The Morgan fingerprint density at radius 3 is 2.90 bits per heavy atom. The van der Waals surface area contributed by atoms with Crippen molar-refractivity contribution >= 4 is 0 Å². The van der Waals surface area contributed by atoms with E-state index in [1.54, 1.807) is 19.2 Å². The van der Waals surface area contributed by atoms with Crippen molar-refractivity contribution < 1.29 is 13.9 Å². The Labute approximate surface area is 123 Å². The summed E-state index contributed by atoms with van der Waals surface area (Å²) in [7, 11) is 3.38. The maximum absolute atomic E-state index is 14.3. The molecule has 0 bridgehead atoms. The van der Waals surface area contributed by atoms with Gasteiger partial charge in [0.1, 0.15) is 17.3 Å². The predicted molar refractivity (Wildman–Crippen MR) is 79.5 cm³/mol. The number of fused-ring (bicyclic) bond motifs is 1. The molecule has 1 aliphatic heterocycles. The van der Waals surface area contributed by atoms with Gasteiger partial charge in [-0.1, -0.05) is 18.2 Å². The lowest BCUT2D eigenvalue weighted by Gasteiger charge is -2.21. The average Bonchev–Trinajstić information content (AvgIpc) is 2.97. The number of ether oxygens (including phenoxy) is 2. The van der Waals surface area contributed by atoms with E-state index in [2.05, 4.69) is 11.4 Å². The first-order valence-corrected chi connectivity index (χ1v) is 7.00. The molecule has 0 aromatic heterocycles. The molecule has 1 aliphatic rings. The summed E-state index contributed by atoms with van der Waals surface area (Å²) in [6, 6.07) is 10.6. The Kier molecular flexibility index (Phi) is 3.80. The predicted octanol–water partition coefficient (Wildman–Crippen LogP) is 3.08. The van der Waals surface area contributed by atoms with Crippen LogP contribution in [0.2, 0.25) is 0 Å². The Morgan fingerprint density at radius 2 is 2.14 bits per heavy atom. The highest BCUT2D eigenvalue weighted by molar-refractivity contribution is 5.47. The van der Waals surface area contributed by atoms with Crippen LogP contribution in [0.15, 0.2) is 36.4 Å². The van der Waals surface area contributed by atoms with Crippen LogP contribution in [-0.4, -0.2) is 20.8 Å². The summed E-state index contributed by atoms with van der Waals surface area (Å²) in [4.78, 5) is 0. The monoisotopic (exact) mass is 287 g/mol. The van der Waals surface area contributed by atoms with Crippen molar-refractivity contribution in [2.24, 2.45) is 0 Å².